The quantitative estimate of drug-likeness (QED) is 0.617. The summed E-state index contributed by atoms with van der Waals surface area (Å²) in [5, 5.41) is 20.3. The van der Waals surface area contributed by atoms with Crippen LogP contribution in [-0.2, 0) is 0 Å². The van der Waals surface area contributed by atoms with Gasteiger partial charge in [0.15, 0.2) is 0 Å². The molecule has 94 valence electrons. The van der Waals surface area contributed by atoms with Crippen LogP contribution in [0.15, 0.2) is 48.5 Å². The molecule has 2 atom stereocenters. The highest BCUT2D eigenvalue weighted by Gasteiger charge is 2.23. The van der Waals surface area contributed by atoms with Crippen LogP contribution in [0.25, 0.3) is 0 Å². The average molecular weight is 244 g/mol. The lowest BCUT2D eigenvalue weighted by Crippen LogP contribution is -2.13. The Morgan fingerprint density at radius 2 is 1.00 bits per heavy atom. The minimum atomic E-state index is -1.10. The Morgan fingerprint density at radius 1 is 0.667 bits per heavy atom. The molecule has 0 radical (unpaired) electrons. The maximum atomic E-state index is 10.2. The highest BCUT2D eigenvalue weighted by atomic mass is 16.3. The van der Waals surface area contributed by atoms with Crippen LogP contribution in [-0.4, -0.2) is 10.2 Å². The molecule has 2 aromatic carbocycles. The largest absolute Gasteiger partial charge is 0.398 e. The minimum Gasteiger partial charge on any atom is -0.398 e. The SMILES string of the molecule is Nc1ccccc1[C@H](O)[C@@H](O)c1ccccc1N. The zero-order chi connectivity index (χ0) is 13.1. The van der Waals surface area contributed by atoms with Gasteiger partial charge in [-0.1, -0.05) is 36.4 Å². The standard InChI is InChI=1S/C14H16N2O2/c15-11-7-3-1-5-9(11)13(17)14(18)10-6-2-4-8-12(10)16/h1-8,13-14,17-18H,15-16H2/t13-,14-/m0/s1. The first-order chi connectivity index (χ1) is 8.61. The summed E-state index contributed by atoms with van der Waals surface area (Å²) in [4.78, 5) is 0. The zero-order valence-electron chi connectivity index (χ0n) is 9.82. The molecule has 0 heterocycles. The van der Waals surface area contributed by atoms with E-state index in [1.807, 2.05) is 0 Å². The van der Waals surface area contributed by atoms with Crippen molar-refractivity contribution in [2.45, 2.75) is 12.2 Å². The number of anilines is 2. The van der Waals surface area contributed by atoms with Crippen LogP contribution in [0.1, 0.15) is 23.3 Å². The lowest BCUT2D eigenvalue weighted by molar-refractivity contribution is 0.0181. The molecule has 0 aliphatic heterocycles. The summed E-state index contributed by atoms with van der Waals surface area (Å²) in [7, 11) is 0. The van der Waals surface area contributed by atoms with Gasteiger partial charge in [0.1, 0.15) is 12.2 Å². The number of nitrogen functional groups attached to an aromatic ring is 2. The van der Waals surface area contributed by atoms with Gasteiger partial charge in [0.05, 0.1) is 0 Å². The molecule has 0 aliphatic rings. The zero-order valence-corrected chi connectivity index (χ0v) is 9.82. The van der Waals surface area contributed by atoms with Crippen LogP contribution < -0.4 is 11.5 Å². The van der Waals surface area contributed by atoms with Crippen molar-refractivity contribution in [1.29, 1.82) is 0 Å². The third kappa shape index (κ3) is 2.30. The first-order valence-electron chi connectivity index (χ1n) is 5.66. The molecule has 0 bridgehead atoms. The van der Waals surface area contributed by atoms with E-state index in [0.29, 0.717) is 22.5 Å². The van der Waals surface area contributed by atoms with Crippen LogP contribution in [0, 0.1) is 0 Å². The van der Waals surface area contributed by atoms with E-state index < -0.39 is 12.2 Å². The molecular weight excluding hydrogens is 228 g/mol. The van der Waals surface area contributed by atoms with E-state index in [1.54, 1.807) is 48.5 Å². The second kappa shape index (κ2) is 5.08. The van der Waals surface area contributed by atoms with Crippen LogP contribution in [0.2, 0.25) is 0 Å². The minimum absolute atomic E-state index is 0.443. The maximum Gasteiger partial charge on any atom is 0.111 e. The summed E-state index contributed by atoms with van der Waals surface area (Å²) in [6, 6.07) is 13.8. The summed E-state index contributed by atoms with van der Waals surface area (Å²) >= 11 is 0. The number of hydrogen-bond donors (Lipinski definition) is 4. The molecule has 4 nitrogen and oxygen atoms in total. The topological polar surface area (TPSA) is 92.5 Å². The van der Waals surface area contributed by atoms with E-state index in [-0.39, 0.29) is 0 Å². The van der Waals surface area contributed by atoms with Crippen molar-refractivity contribution < 1.29 is 10.2 Å². The summed E-state index contributed by atoms with van der Waals surface area (Å²) in [6.07, 6.45) is -2.20. The van der Waals surface area contributed by atoms with E-state index >= 15 is 0 Å². The summed E-state index contributed by atoms with van der Waals surface area (Å²) in [5.74, 6) is 0. The summed E-state index contributed by atoms with van der Waals surface area (Å²) in [6.45, 7) is 0. The number of nitrogens with two attached hydrogens (primary N) is 2. The molecule has 0 unspecified atom stereocenters. The van der Waals surface area contributed by atoms with Crippen molar-refractivity contribution in [3.8, 4) is 0 Å². The van der Waals surface area contributed by atoms with Crippen molar-refractivity contribution in [2.75, 3.05) is 11.5 Å². The summed E-state index contributed by atoms with van der Waals surface area (Å²) in [5.41, 5.74) is 13.4. The Morgan fingerprint density at radius 3 is 1.33 bits per heavy atom. The highest BCUT2D eigenvalue weighted by Crippen LogP contribution is 2.33. The van der Waals surface area contributed by atoms with Gasteiger partial charge in [0.2, 0.25) is 0 Å². The van der Waals surface area contributed by atoms with E-state index in [2.05, 4.69) is 0 Å². The molecule has 0 aliphatic carbocycles. The Balaban J connectivity index is 2.33. The predicted octanol–water partition coefficient (Wildman–Crippen LogP) is 1.62. The lowest BCUT2D eigenvalue weighted by atomic mass is 9.96. The molecule has 0 saturated heterocycles. The van der Waals surface area contributed by atoms with E-state index in [9.17, 15) is 10.2 Å². The van der Waals surface area contributed by atoms with Gasteiger partial charge in [-0.2, -0.15) is 0 Å². The highest BCUT2D eigenvalue weighted by molar-refractivity contribution is 5.51. The van der Waals surface area contributed by atoms with Gasteiger partial charge in [-0.3, -0.25) is 0 Å². The Labute approximate surface area is 105 Å². The lowest BCUT2D eigenvalue weighted by Gasteiger charge is -2.21. The third-order valence-corrected chi connectivity index (χ3v) is 2.93. The molecule has 2 rings (SSSR count). The number of para-hydroxylation sites is 2. The predicted molar refractivity (Wildman–Crippen MR) is 71.6 cm³/mol. The van der Waals surface area contributed by atoms with Gasteiger partial charge in [-0.15, -0.1) is 0 Å². The smallest absolute Gasteiger partial charge is 0.111 e. The first-order valence-corrected chi connectivity index (χ1v) is 5.66. The van der Waals surface area contributed by atoms with Gasteiger partial charge in [-0.05, 0) is 12.1 Å². The van der Waals surface area contributed by atoms with E-state index in [0.717, 1.165) is 0 Å². The van der Waals surface area contributed by atoms with Gasteiger partial charge in [0, 0.05) is 22.5 Å². The van der Waals surface area contributed by atoms with E-state index in [4.69, 9.17) is 11.5 Å². The molecule has 0 fully saturated rings. The van der Waals surface area contributed by atoms with Crippen molar-refractivity contribution in [2.24, 2.45) is 0 Å². The number of hydrogen-bond acceptors (Lipinski definition) is 4. The molecule has 2 aromatic rings. The maximum absolute atomic E-state index is 10.2. The molecule has 0 spiro atoms. The Hall–Kier alpha value is -2.04. The van der Waals surface area contributed by atoms with Gasteiger partial charge in [0.25, 0.3) is 0 Å². The Bertz CT molecular complexity index is 493. The van der Waals surface area contributed by atoms with Crippen LogP contribution >= 0.6 is 0 Å². The fraction of sp³-hybridized carbons (Fsp3) is 0.143. The molecule has 18 heavy (non-hydrogen) atoms. The normalized spacial score (nSPS) is 14.1. The molecular formula is C14H16N2O2. The number of aliphatic hydroxyl groups excluding tert-OH is 2. The van der Waals surface area contributed by atoms with Crippen molar-refractivity contribution in [3.05, 3.63) is 59.7 Å². The second-order valence-corrected chi connectivity index (χ2v) is 4.15. The second-order valence-electron chi connectivity index (χ2n) is 4.15. The Kier molecular flexibility index (Phi) is 3.50. The number of rotatable bonds is 3. The van der Waals surface area contributed by atoms with Crippen LogP contribution in [0.4, 0.5) is 11.4 Å². The first kappa shape index (κ1) is 12.4. The molecule has 0 aromatic heterocycles. The number of aliphatic hydroxyl groups is 2. The third-order valence-electron chi connectivity index (χ3n) is 2.93. The molecule has 4 heteroatoms. The average Bonchev–Trinajstić information content (AvgIpc) is 2.38. The molecule has 0 amide bonds. The van der Waals surface area contributed by atoms with E-state index in [1.165, 1.54) is 0 Å². The molecule has 0 saturated carbocycles. The van der Waals surface area contributed by atoms with Crippen LogP contribution in [0.5, 0.6) is 0 Å². The van der Waals surface area contributed by atoms with Crippen LogP contribution in [0.3, 0.4) is 0 Å². The van der Waals surface area contributed by atoms with Gasteiger partial charge in [-0.25, -0.2) is 0 Å². The number of benzene rings is 2. The fourth-order valence-electron chi connectivity index (χ4n) is 1.90. The molecule has 6 N–H and O–H groups in total. The van der Waals surface area contributed by atoms with Crippen molar-refractivity contribution in [1.82, 2.24) is 0 Å². The van der Waals surface area contributed by atoms with Gasteiger partial charge < -0.3 is 21.7 Å². The van der Waals surface area contributed by atoms with Crippen molar-refractivity contribution in [3.63, 3.8) is 0 Å². The fourth-order valence-corrected chi connectivity index (χ4v) is 1.90. The van der Waals surface area contributed by atoms with Gasteiger partial charge >= 0.3 is 0 Å². The van der Waals surface area contributed by atoms with Crippen molar-refractivity contribution >= 4 is 11.4 Å². The monoisotopic (exact) mass is 244 g/mol. The summed E-state index contributed by atoms with van der Waals surface area (Å²) < 4.78 is 0.